The van der Waals surface area contributed by atoms with E-state index in [9.17, 15) is 35.4 Å². The minimum absolute atomic E-state index is 0.0565. The molecule has 0 radical (unpaired) electrons. The molecule has 1 aliphatic rings. The zero-order valence-corrected chi connectivity index (χ0v) is 17.5. The molecule has 0 spiro atoms. The van der Waals surface area contributed by atoms with Gasteiger partial charge < -0.3 is 49.3 Å². The molecule has 1 fully saturated rings. The van der Waals surface area contributed by atoms with Crippen LogP contribution in [0.3, 0.4) is 0 Å². The van der Waals surface area contributed by atoms with Crippen LogP contribution in [0.1, 0.15) is 6.92 Å². The molecule has 1 aliphatic heterocycles. The molecule has 2 aromatic carbocycles. The number of aromatic hydroxyl groups is 3. The van der Waals surface area contributed by atoms with Gasteiger partial charge in [0.2, 0.25) is 17.5 Å². The molecule has 3 aromatic rings. The number of benzene rings is 2. The Hall–Kier alpha value is -3.51. The Morgan fingerprint density at radius 2 is 1.67 bits per heavy atom. The molecule has 0 aliphatic carbocycles. The standard InChI is InChI=1S/C22H22O11/c1-8-16(26)18(28)19(29)22(31-8)33-21-17(27)15-12(25)6-10(23)7-14(15)32-20(21)9-3-4-11(24)13(5-9)30-2/h3-8,16,18-19,22-26,28-29H,1-2H3/t8-,16-,18+,19+,22+/m1/s1. The number of ether oxygens (including phenoxy) is 3. The Morgan fingerprint density at radius 3 is 2.36 bits per heavy atom. The van der Waals surface area contributed by atoms with Gasteiger partial charge in [0.1, 0.15) is 40.8 Å². The van der Waals surface area contributed by atoms with Gasteiger partial charge in [0.15, 0.2) is 17.3 Å². The summed E-state index contributed by atoms with van der Waals surface area (Å²) in [6.07, 6.45) is -7.24. The van der Waals surface area contributed by atoms with Crippen LogP contribution in [-0.2, 0) is 4.74 Å². The highest BCUT2D eigenvalue weighted by Gasteiger charge is 2.44. The first-order valence-corrected chi connectivity index (χ1v) is 9.88. The second kappa shape index (κ2) is 8.45. The average Bonchev–Trinajstić information content (AvgIpc) is 2.77. The number of phenolic OH excluding ortho intramolecular Hbond substituents is 3. The second-order valence-electron chi connectivity index (χ2n) is 7.61. The molecular formula is C22H22O11. The van der Waals surface area contributed by atoms with E-state index in [0.717, 1.165) is 12.1 Å². The number of phenols is 3. The van der Waals surface area contributed by atoms with E-state index in [4.69, 9.17) is 18.6 Å². The zero-order valence-electron chi connectivity index (χ0n) is 17.5. The first-order chi connectivity index (χ1) is 15.6. The van der Waals surface area contributed by atoms with Crippen molar-refractivity contribution in [3.05, 3.63) is 40.6 Å². The van der Waals surface area contributed by atoms with Gasteiger partial charge in [-0.05, 0) is 25.1 Å². The van der Waals surface area contributed by atoms with Crippen molar-refractivity contribution in [2.45, 2.75) is 37.6 Å². The van der Waals surface area contributed by atoms with E-state index < -0.39 is 47.6 Å². The molecule has 6 N–H and O–H groups in total. The lowest BCUT2D eigenvalue weighted by molar-refractivity contribution is -0.268. The van der Waals surface area contributed by atoms with Gasteiger partial charge in [-0.2, -0.15) is 0 Å². The summed E-state index contributed by atoms with van der Waals surface area (Å²) in [4.78, 5) is 13.3. The number of hydrogen-bond acceptors (Lipinski definition) is 11. The molecule has 1 aromatic heterocycles. The molecular weight excluding hydrogens is 440 g/mol. The van der Waals surface area contributed by atoms with Gasteiger partial charge in [0, 0.05) is 17.7 Å². The molecule has 2 heterocycles. The molecule has 5 atom stereocenters. The van der Waals surface area contributed by atoms with E-state index in [1.807, 2.05) is 0 Å². The largest absolute Gasteiger partial charge is 0.508 e. The molecule has 33 heavy (non-hydrogen) atoms. The van der Waals surface area contributed by atoms with E-state index in [2.05, 4.69) is 0 Å². The number of hydrogen-bond donors (Lipinski definition) is 6. The van der Waals surface area contributed by atoms with Crippen LogP contribution in [0.5, 0.6) is 28.7 Å². The average molecular weight is 462 g/mol. The second-order valence-corrected chi connectivity index (χ2v) is 7.61. The van der Waals surface area contributed by atoms with Crippen LogP contribution in [0.2, 0.25) is 0 Å². The van der Waals surface area contributed by atoms with Gasteiger partial charge in [0.25, 0.3) is 0 Å². The quantitative estimate of drug-likeness (QED) is 0.323. The van der Waals surface area contributed by atoms with Crippen molar-refractivity contribution in [2.24, 2.45) is 0 Å². The Kier molecular flexibility index (Phi) is 5.80. The summed E-state index contributed by atoms with van der Waals surface area (Å²) in [5.74, 6) is -1.74. The van der Waals surface area contributed by atoms with Gasteiger partial charge in [-0.15, -0.1) is 0 Å². The van der Waals surface area contributed by atoms with Gasteiger partial charge in [-0.25, -0.2) is 0 Å². The lowest BCUT2D eigenvalue weighted by atomic mass is 10.00. The van der Waals surface area contributed by atoms with Gasteiger partial charge in [0.05, 0.1) is 13.2 Å². The maximum Gasteiger partial charge on any atom is 0.239 e. The summed E-state index contributed by atoms with van der Waals surface area (Å²) in [6, 6.07) is 6.11. The summed E-state index contributed by atoms with van der Waals surface area (Å²) >= 11 is 0. The van der Waals surface area contributed by atoms with Crippen molar-refractivity contribution in [3.8, 4) is 40.1 Å². The third-order valence-corrected chi connectivity index (χ3v) is 5.40. The monoisotopic (exact) mass is 462 g/mol. The van der Waals surface area contributed by atoms with Crippen molar-refractivity contribution in [1.29, 1.82) is 0 Å². The fraction of sp³-hybridized carbons (Fsp3) is 0.318. The highest BCUT2D eigenvalue weighted by molar-refractivity contribution is 5.88. The molecule has 11 nitrogen and oxygen atoms in total. The normalized spacial score (nSPS) is 25.2. The lowest BCUT2D eigenvalue weighted by Gasteiger charge is -2.38. The van der Waals surface area contributed by atoms with Crippen molar-refractivity contribution >= 4 is 11.0 Å². The van der Waals surface area contributed by atoms with E-state index >= 15 is 0 Å². The van der Waals surface area contributed by atoms with Crippen molar-refractivity contribution in [1.82, 2.24) is 0 Å². The number of rotatable bonds is 4. The fourth-order valence-corrected chi connectivity index (χ4v) is 3.61. The molecule has 4 rings (SSSR count). The van der Waals surface area contributed by atoms with Gasteiger partial charge >= 0.3 is 0 Å². The summed E-state index contributed by atoms with van der Waals surface area (Å²) in [5, 5.41) is 60.0. The highest BCUT2D eigenvalue weighted by atomic mass is 16.7. The maximum atomic E-state index is 13.3. The SMILES string of the molecule is COc1cc(-c2oc3cc(O)cc(O)c3c(=O)c2O[C@@H]2O[C@H](C)[C@@H](O)[C@H](O)[C@@H]2O)ccc1O. The number of aliphatic hydroxyl groups is 3. The summed E-state index contributed by atoms with van der Waals surface area (Å²) < 4.78 is 21.9. The highest BCUT2D eigenvalue weighted by Crippen LogP contribution is 2.39. The predicted octanol–water partition coefficient (Wildman–Crippen LogP) is 0.792. The van der Waals surface area contributed by atoms with Crippen LogP contribution in [0.25, 0.3) is 22.3 Å². The molecule has 11 heteroatoms. The number of methoxy groups -OCH3 is 1. The first-order valence-electron chi connectivity index (χ1n) is 9.88. The van der Waals surface area contributed by atoms with Gasteiger partial charge in [-0.3, -0.25) is 4.79 Å². The summed E-state index contributed by atoms with van der Waals surface area (Å²) in [7, 11) is 1.32. The summed E-state index contributed by atoms with van der Waals surface area (Å²) in [6.45, 7) is 1.44. The number of aliphatic hydroxyl groups excluding tert-OH is 3. The molecule has 0 saturated carbocycles. The molecule has 0 unspecified atom stereocenters. The molecule has 0 bridgehead atoms. The number of fused-ring (bicyclic) bond motifs is 1. The van der Waals surface area contributed by atoms with Gasteiger partial charge in [-0.1, -0.05) is 0 Å². The molecule has 1 saturated heterocycles. The minimum atomic E-state index is -1.72. The zero-order chi connectivity index (χ0) is 24.0. The summed E-state index contributed by atoms with van der Waals surface area (Å²) in [5.41, 5.74) is -0.818. The molecule has 176 valence electrons. The third kappa shape index (κ3) is 3.91. The van der Waals surface area contributed by atoms with Crippen LogP contribution in [0.15, 0.2) is 39.5 Å². The minimum Gasteiger partial charge on any atom is -0.508 e. The van der Waals surface area contributed by atoms with E-state index in [-0.39, 0.29) is 39.5 Å². The van der Waals surface area contributed by atoms with Crippen LogP contribution in [0, 0.1) is 0 Å². The van der Waals surface area contributed by atoms with E-state index in [1.54, 1.807) is 0 Å². The van der Waals surface area contributed by atoms with Crippen molar-refractivity contribution in [2.75, 3.05) is 7.11 Å². The molecule has 0 amide bonds. The van der Waals surface area contributed by atoms with E-state index in [1.165, 1.54) is 32.2 Å². The Labute approximate surface area is 186 Å². The smallest absolute Gasteiger partial charge is 0.239 e. The first kappa shape index (κ1) is 22.7. The lowest BCUT2D eigenvalue weighted by Crippen LogP contribution is -2.58. The van der Waals surface area contributed by atoms with Crippen molar-refractivity contribution in [3.63, 3.8) is 0 Å². The maximum absolute atomic E-state index is 13.3. The van der Waals surface area contributed by atoms with Crippen LogP contribution in [0.4, 0.5) is 0 Å². The topological polar surface area (TPSA) is 179 Å². The Morgan fingerprint density at radius 1 is 0.939 bits per heavy atom. The predicted molar refractivity (Wildman–Crippen MR) is 112 cm³/mol. The van der Waals surface area contributed by atoms with Crippen molar-refractivity contribution < 1.29 is 49.3 Å². The third-order valence-electron chi connectivity index (χ3n) is 5.40. The fourth-order valence-electron chi connectivity index (χ4n) is 3.61. The Bertz CT molecular complexity index is 1250. The van der Waals surface area contributed by atoms with E-state index in [0.29, 0.717) is 0 Å². The van der Waals surface area contributed by atoms with Crippen LogP contribution in [-0.4, -0.2) is 68.5 Å². The van der Waals surface area contributed by atoms with Crippen LogP contribution < -0.4 is 14.9 Å². The van der Waals surface area contributed by atoms with Crippen LogP contribution >= 0.6 is 0 Å². The Balaban J connectivity index is 1.93.